The average molecular weight is 306 g/mol. The van der Waals surface area contributed by atoms with E-state index in [2.05, 4.69) is 25.9 Å². The molecule has 122 valence electrons. The minimum absolute atomic E-state index is 0.0101. The van der Waals surface area contributed by atoms with E-state index in [1.807, 2.05) is 19.9 Å². The molecule has 2 heterocycles. The summed E-state index contributed by atoms with van der Waals surface area (Å²) in [4.78, 5) is 25.1. The van der Waals surface area contributed by atoms with Crippen LogP contribution in [-0.2, 0) is 17.3 Å². The van der Waals surface area contributed by atoms with E-state index in [9.17, 15) is 9.59 Å². The summed E-state index contributed by atoms with van der Waals surface area (Å²) >= 11 is 0. The Morgan fingerprint density at radius 2 is 1.77 bits per heavy atom. The van der Waals surface area contributed by atoms with Crippen molar-refractivity contribution in [3.8, 4) is 0 Å². The Bertz CT molecular complexity index is 583. The van der Waals surface area contributed by atoms with Crippen LogP contribution in [0.3, 0.4) is 0 Å². The number of hydrazine groups is 1. The van der Waals surface area contributed by atoms with Crippen molar-refractivity contribution in [2.24, 2.45) is 13.0 Å². The second-order valence-electron chi connectivity index (χ2n) is 7.19. The van der Waals surface area contributed by atoms with Crippen LogP contribution in [0.15, 0.2) is 6.07 Å². The lowest BCUT2D eigenvalue weighted by Crippen LogP contribution is -2.46. The van der Waals surface area contributed by atoms with Crippen LogP contribution >= 0.6 is 0 Å². The number of aromatic nitrogens is 2. The maximum Gasteiger partial charge on any atom is 0.290 e. The summed E-state index contributed by atoms with van der Waals surface area (Å²) in [5.74, 6) is -0.286. The third kappa shape index (κ3) is 3.00. The van der Waals surface area contributed by atoms with E-state index >= 15 is 0 Å². The van der Waals surface area contributed by atoms with E-state index in [0.717, 1.165) is 12.1 Å². The lowest BCUT2D eigenvalue weighted by atomic mass is 9.92. The number of rotatable bonds is 2. The van der Waals surface area contributed by atoms with Crippen LogP contribution in [0.4, 0.5) is 0 Å². The van der Waals surface area contributed by atoms with Gasteiger partial charge >= 0.3 is 0 Å². The van der Waals surface area contributed by atoms with Crippen molar-refractivity contribution in [3.63, 3.8) is 0 Å². The molecule has 0 aromatic carbocycles. The monoisotopic (exact) mass is 306 g/mol. The van der Waals surface area contributed by atoms with Crippen LogP contribution in [0.1, 0.15) is 57.2 Å². The van der Waals surface area contributed by atoms with Gasteiger partial charge in [0.1, 0.15) is 5.69 Å². The van der Waals surface area contributed by atoms with Gasteiger partial charge in [0.05, 0.1) is 5.69 Å². The van der Waals surface area contributed by atoms with Crippen LogP contribution in [0.5, 0.6) is 0 Å². The number of carbonyl (C=O) groups is 2. The lowest BCUT2D eigenvalue weighted by molar-refractivity contribution is -0.144. The number of carbonyl (C=O) groups excluding carboxylic acids is 2. The molecule has 6 heteroatoms. The highest BCUT2D eigenvalue weighted by atomic mass is 16.2. The first kappa shape index (κ1) is 16.5. The molecule has 0 unspecified atom stereocenters. The molecule has 0 atom stereocenters. The fourth-order valence-corrected chi connectivity index (χ4v) is 2.52. The van der Waals surface area contributed by atoms with Gasteiger partial charge in [-0.2, -0.15) is 5.10 Å². The largest absolute Gasteiger partial charge is 0.290 e. The van der Waals surface area contributed by atoms with Crippen molar-refractivity contribution in [2.75, 3.05) is 13.1 Å². The molecule has 0 saturated carbocycles. The van der Waals surface area contributed by atoms with Crippen LogP contribution in [0.2, 0.25) is 0 Å². The Kier molecular flexibility index (Phi) is 4.31. The van der Waals surface area contributed by atoms with Gasteiger partial charge in [0.2, 0.25) is 5.91 Å². The summed E-state index contributed by atoms with van der Waals surface area (Å²) in [5.41, 5.74) is 1.28. The molecular weight excluding hydrogens is 280 g/mol. The highest BCUT2D eigenvalue weighted by Gasteiger charge is 2.34. The molecule has 1 aliphatic rings. The van der Waals surface area contributed by atoms with Crippen LogP contribution in [0.25, 0.3) is 0 Å². The summed E-state index contributed by atoms with van der Waals surface area (Å²) in [7, 11) is 1.77. The fourth-order valence-electron chi connectivity index (χ4n) is 2.52. The van der Waals surface area contributed by atoms with E-state index in [-0.39, 0.29) is 23.1 Å². The van der Waals surface area contributed by atoms with Gasteiger partial charge in [-0.15, -0.1) is 0 Å². The Morgan fingerprint density at radius 1 is 1.18 bits per heavy atom. The van der Waals surface area contributed by atoms with E-state index < -0.39 is 0 Å². The molecule has 0 bridgehead atoms. The second kappa shape index (κ2) is 5.74. The third-order valence-corrected chi connectivity index (χ3v) is 3.88. The first-order valence-corrected chi connectivity index (χ1v) is 7.80. The van der Waals surface area contributed by atoms with Crippen molar-refractivity contribution in [1.82, 2.24) is 19.8 Å². The predicted octanol–water partition coefficient (Wildman–Crippen LogP) is 1.96. The SMILES string of the molecule is CC(C)C(=O)N1CCCN1C(=O)c1cc(C(C)(C)C)nn1C. The molecule has 22 heavy (non-hydrogen) atoms. The van der Waals surface area contributed by atoms with Gasteiger partial charge < -0.3 is 0 Å². The van der Waals surface area contributed by atoms with E-state index in [0.29, 0.717) is 18.8 Å². The van der Waals surface area contributed by atoms with E-state index in [4.69, 9.17) is 0 Å². The minimum atomic E-state index is -0.156. The van der Waals surface area contributed by atoms with Crippen molar-refractivity contribution >= 4 is 11.8 Å². The number of hydrogen-bond acceptors (Lipinski definition) is 3. The zero-order valence-electron chi connectivity index (χ0n) is 14.4. The van der Waals surface area contributed by atoms with Gasteiger partial charge in [-0.1, -0.05) is 34.6 Å². The number of aryl methyl sites for hydroxylation is 1. The molecule has 1 fully saturated rings. The molecule has 1 saturated heterocycles. The van der Waals surface area contributed by atoms with Crippen molar-refractivity contribution < 1.29 is 9.59 Å². The number of hydrogen-bond donors (Lipinski definition) is 0. The van der Waals surface area contributed by atoms with Crippen LogP contribution in [-0.4, -0.2) is 44.7 Å². The van der Waals surface area contributed by atoms with E-state index in [1.54, 1.807) is 21.7 Å². The molecule has 0 aliphatic carbocycles. The van der Waals surface area contributed by atoms with Crippen molar-refractivity contribution in [1.29, 1.82) is 0 Å². The first-order valence-electron chi connectivity index (χ1n) is 7.80. The smallest absolute Gasteiger partial charge is 0.273 e. The van der Waals surface area contributed by atoms with Gasteiger partial charge in [0.15, 0.2) is 0 Å². The normalized spacial score (nSPS) is 15.8. The number of amides is 2. The molecule has 1 aliphatic heterocycles. The Labute approximate surface area is 132 Å². The predicted molar refractivity (Wildman–Crippen MR) is 84.1 cm³/mol. The van der Waals surface area contributed by atoms with Crippen molar-refractivity contribution in [3.05, 3.63) is 17.5 Å². The minimum Gasteiger partial charge on any atom is -0.273 e. The molecule has 1 aromatic rings. The van der Waals surface area contributed by atoms with Crippen molar-refractivity contribution in [2.45, 2.75) is 46.5 Å². The summed E-state index contributed by atoms with van der Waals surface area (Å²) in [6.45, 7) is 11.1. The Balaban J connectivity index is 2.28. The molecule has 2 rings (SSSR count). The first-order chi connectivity index (χ1) is 10.1. The summed E-state index contributed by atoms with van der Waals surface area (Å²) in [5, 5.41) is 7.59. The van der Waals surface area contributed by atoms with Gasteiger partial charge in [-0.25, -0.2) is 5.01 Å². The molecule has 0 spiro atoms. The second-order valence-corrected chi connectivity index (χ2v) is 7.19. The Hall–Kier alpha value is -1.85. The highest BCUT2D eigenvalue weighted by Crippen LogP contribution is 2.23. The molecular formula is C16H26N4O2. The quantitative estimate of drug-likeness (QED) is 0.839. The Morgan fingerprint density at radius 3 is 2.27 bits per heavy atom. The zero-order valence-corrected chi connectivity index (χ0v) is 14.4. The fraction of sp³-hybridized carbons (Fsp3) is 0.688. The summed E-state index contributed by atoms with van der Waals surface area (Å²) in [6.07, 6.45) is 0.814. The highest BCUT2D eigenvalue weighted by molar-refractivity contribution is 5.94. The summed E-state index contributed by atoms with van der Waals surface area (Å²) in [6, 6.07) is 1.83. The molecule has 0 radical (unpaired) electrons. The molecule has 2 amide bonds. The standard InChI is InChI=1S/C16H26N4O2/c1-11(2)14(21)19-8-7-9-20(19)15(22)12-10-13(16(3,4)5)17-18(12)6/h10-11H,7-9H2,1-6H3. The average Bonchev–Trinajstić information content (AvgIpc) is 3.02. The zero-order chi connectivity index (χ0) is 16.7. The molecule has 6 nitrogen and oxygen atoms in total. The van der Waals surface area contributed by atoms with Gasteiger partial charge in [-0.05, 0) is 12.5 Å². The van der Waals surface area contributed by atoms with Gasteiger partial charge in [-0.3, -0.25) is 19.3 Å². The maximum absolute atomic E-state index is 12.8. The third-order valence-electron chi connectivity index (χ3n) is 3.88. The topological polar surface area (TPSA) is 58.4 Å². The van der Waals surface area contributed by atoms with E-state index in [1.165, 1.54) is 0 Å². The van der Waals surface area contributed by atoms with Gasteiger partial charge in [0.25, 0.3) is 5.91 Å². The number of nitrogens with zero attached hydrogens (tertiary/aromatic N) is 4. The summed E-state index contributed by atoms with van der Waals surface area (Å²) < 4.78 is 1.61. The lowest BCUT2D eigenvalue weighted by Gasteiger charge is -2.29. The van der Waals surface area contributed by atoms with Gasteiger partial charge in [0, 0.05) is 31.5 Å². The maximum atomic E-state index is 12.8. The molecule has 0 N–H and O–H groups in total. The molecule has 1 aromatic heterocycles. The van der Waals surface area contributed by atoms with Crippen LogP contribution < -0.4 is 0 Å². The van der Waals surface area contributed by atoms with Crippen LogP contribution in [0, 0.1) is 5.92 Å².